The summed E-state index contributed by atoms with van der Waals surface area (Å²) in [6.45, 7) is 6.79. The number of para-hydroxylation sites is 1. The molecule has 168 valence electrons. The lowest BCUT2D eigenvalue weighted by molar-refractivity contribution is -0.132. The molecule has 3 aromatic rings. The van der Waals surface area contributed by atoms with Crippen molar-refractivity contribution in [3.05, 3.63) is 74.9 Å². The van der Waals surface area contributed by atoms with Crippen molar-refractivity contribution < 1.29 is 4.79 Å². The number of hydrogen-bond acceptors (Lipinski definition) is 4. The molecule has 0 radical (unpaired) electrons. The van der Waals surface area contributed by atoms with Crippen molar-refractivity contribution in [1.82, 2.24) is 14.5 Å². The number of hydrogen-bond donors (Lipinski definition) is 1. The number of aryl methyl sites for hydroxylation is 1. The first-order valence-electron chi connectivity index (χ1n) is 11.3. The van der Waals surface area contributed by atoms with Crippen LogP contribution in [-0.2, 0) is 11.3 Å². The van der Waals surface area contributed by atoms with Gasteiger partial charge in [0.2, 0.25) is 5.91 Å². The summed E-state index contributed by atoms with van der Waals surface area (Å²) in [6, 6.07) is 15.7. The molecule has 1 N–H and O–H groups in total. The zero-order valence-corrected chi connectivity index (χ0v) is 18.7. The molecule has 0 saturated carbocycles. The molecule has 1 aliphatic rings. The van der Waals surface area contributed by atoms with Gasteiger partial charge in [0, 0.05) is 44.3 Å². The Morgan fingerprint density at radius 3 is 2.66 bits per heavy atom. The number of carbonyl (C=O) groups is 1. The van der Waals surface area contributed by atoms with Gasteiger partial charge in [-0.1, -0.05) is 24.3 Å². The maximum atomic E-state index is 12.7. The Morgan fingerprint density at radius 2 is 1.88 bits per heavy atom. The first-order chi connectivity index (χ1) is 15.4. The van der Waals surface area contributed by atoms with E-state index in [0.717, 1.165) is 6.54 Å². The van der Waals surface area contributed by atoms with E-state index in [0.29, 0.717) is 49.8 Å². The molecule has 0 unspecified atom stereocenters. The number of anilines is 1. The van der Waals surface area contributed by atoms with E-state index in [2.05, 4.69) is 48.0 Å². The van der Waals surface area contributed by atoms with Crippen molar-refractivity contribution in [3.63, 3.8) is 0 Å². The number of amides is 1. The van der Waals surface area contributed by atoms with E-state index in [4.69, 9.17) is 0 Å². The van der Waals surface area contributed by atoms with E-state index in [1.165, 1.54) is 15.8 Å². The number of piperazine rings is 1. The van der Waals surface area contributed by atoms with Crippen LogP contribution in [0.4, 0.5) is 5.69 Å². The maximum Gasteiger partial charge on any atom is 0.328 e. The third-order valence-electron chi connectivity index (χ3n) is 6.23. The van der Waals surface area contributed by atoms with E-state index in [1.807, 2.05) is 4.90 Å². The van der Waals surface area contributed by atoms with Crippen LogP contribution < -0.4 is 16.1 Å². The molecule has 2 heterocycles. The normalized spacial score (nSPS) is 16.5. The van der Waals surface area contributed by atoms with Crippen molar-refractivity contribution in [2.24, 2.45) is 0 Å². The van der Waals surface area contributed by atoms with Crippen LogP contribution in [0.25, 0.3) is 10.9 Å². The molecule has 2 aromatic carbocycles. The third kappa shape index (κ3) is 4.61. The summed E-state index contributed by atoms with van der Waals surface area (Å²) in [7, 11) is 0. The number of rotatable bonds is 6. The van der Waals surface area contributed by atoms with Crippen molar-refractivity contribution >= 4 is 22.5 Å². The monoisotopic (exact) mass is 434 g/mol. The average Bonchev–Trinajstić information content (AvgIpc) is 2.78. The third-order valence-corrected chi connectivity index (χ3v) is 6.23. The van der Waals surface area contributed by atoms with Crippen LogP contribution in [0.5, 0.6) is 0 Å². The van der Waals surface area contributed by atoms with Crippen molar-refractivity contribution in [2.45, 2.75) is 45.7 Å². The molecule has 32 heavy (non-hydrogen) atoms. The van der Waals surface area contributed by atoms with Gasteiger partial charge in [-0.25, -0.2) is 4.79 Å². The van der Waals surface area contributed by atoms with Gasteiger partial charge in [-0.05, 0) is 56.5 Å². The summed E-state index contributed by atoms with van der Waals surface area (Å²) in [4.78, 5) is 44.6. The van der Waals surface area contributed by atoms with Crippen molar-refractivity contribution in [1.29, 1.82) is 0 Å². The van der Waals surface area contributed by atoms with Crippen LogP contribution in [0.2, 0.25) is 0 Å². The molecule has 7 heteroatoms. The van der Waals surface area contributed by atoms with Crippen LogP contribution in [0.3, 0.4) is 0 Å². The minimum atomic E-state index is -0.402. The SMILES string of the molecule is Cc1cccc(N2CCN(C(=O)CCCCn3c(=O)[nH]c4ccccc4c3=O)C[C@@H]2C)c1. The molecule has 7 nitrogen and oxygen atoms in total. The molecule has 1 aromatic heterocycles. The fraction of sp³-hybridized carbons (Fsp3) is 0.400. The lowest BCUT2D eigenvalue weighted by Gasteiger charge is -2.41. The average molecular weight is 435 g/mol. The lowest BCUT2D eigenvalue weighted by Crippen LogP contribution is -2.53. The molecule has 1 fully saturated rings. The Bertz CT molecular complexity index is 1230. The maximum absolute atomic E-state index is 12.7. The predicted molar refractivity (Wildman–Crippen MR) is 127 cm³/mol. The summed E-state index contributed by atoms with van der Waals surface area (Å²) in [5.41, 5.74) is 2.30. The molecule has 0 aliphatic carbocycles. The van der Waals surface area contributed by atoms with Gasteiger partial charge in [0.05, 0.1) is 10.9 Å². The highest BCUT2D eigenvalue weighted by molar-refractivity contribution is 5.77. The number of carbonyl (C=O) groups excluding carboxylic acids is 1. The highest BCUT2D eigenvalue weighted by Gasteiger charge is 2.26. The number of fused-ring (bicyclic) bond motifs is 1. The Kier molecular flexibility index (Phi) is 6.44. The topological polar surface area (TPSA) is 78.4 Å². The molecular formula is C25H30N4O3. The van der Waals surface area contributed by atoms with E-state index >= 15 is 0 Å². The summed E-state index contributed by atoms with van der Waals surface area (Å²) in [5.74, 6) is 0.139. The summed E-state index contributed by atoms with van der Waals surface area (Å²) in [5, 5.41) is 0.503. The molecule has 0 spiro atoms. The van der Waals surface area contributed by atoms with Gasteiger partial charge >= 0.3 is 5.69 Å². The molecule has 1 amide bonds. The summed E-state index contributed by atoms with van der Waals surface area (Å²) >= 11 is 0. The van der Waals surface area contributed by atoms with Gasteiger partial charge in [0.1, 0.15) is 0 Å². The number of aromatic amines is 1. The van der Waals surface area contributed by atoms with E-state index < -0.39 is 5.69 Å². The van der Waals surface area contributed by atoms with E-state index in [9.17, 15) is 14.4 Å². The number of aromatic nitrogens is 2. The second kappa shape index (κ2) is 9.42. The largest absolute Gasteiger partial charge is 0.365 e. The quantitative estimate of drug-likeness (QED) is 0.605. The molecule has 1 atom stereocenters. The Morgan fingerprint density at radius 1 is 1.06 bits per heavy atom. The standard InChI is InChI=1S/C25H30N4O3/c1-18-8-7-9-20(16-18)28-15-14-27(17-19(28)2)23(30)12-5-6-13-29-24(31)21-10-3-4-11-22(21)26-25(29)32/h3-4,7-11,16,19H,5-6,12-15,17H2,1-2H3,(H,26,32)/t19-/m0/s1. The van der Waals surface area contributed by atoms with E-state index in [1.54, 1.807) is 24.3 Å². The van der Waals surface area contributed by atoms with Crippen LogP contribution >= 0.6 is 0 Å². The van der Waals surface area contributed by atoms with Crippen LogP contribution in [0.1, 0.15) is 31.7 Å². The zero-order valence-electron chi connectivity index (χ0n) is 18.7. The number of H-pyrrole nitrogens is 1. The highest BCUT2D eigenvalue weighted by Crippen LogP contribution is 2.22. The van der Waals surface area contributed by atoms with Crippen LogP contribution in [-0.4, -0.2) is 46.0 Å². The number of nitrogens with one attached hydrogen (secondary N) is 1. The van der Waals surface area contributed by atoms with Gasteiger partial charge in [-0.2, -0.15) is 0 Å². The number of benzene rings is 2. The van der Waals surface area contributed by atoms with Crippen molar-refractivity contribution in [3.8, 4) is 0 Å². The van der Waals surface area contributed by atoms with Gasteiger partial charge in [-0.3, -0.25) is 14.2 Å². The second-order valence-corrected chi connectivity index (χ2v) is 8.61. The van der Waals surface area contributed by atoms with Gasteiger partial charge in [0.15, 0.2) is 0 Å². The molecule has 0 bridgehead atoms. The summed E-state index contributed by atoms with van der Waals surface area (Å²) < 4.78 is 1.23. The number of unbranched alkanes of at least 4 members (excludes halogenated alkanes) is 1. The lowest BCUT2D eigenvalue weighted by atomic mass is 10.1. The fourth-order valence-electron chi connectivity index (χ4n) is 4.48. The number of nitrogens with zero attached hydrogens (tertiary/aromatic N) is 3. The van der Waals surface area contributed by atoms with Crippen molar-refractivity contribution in [2.75, 3.05) is 24.5 Å². The highest BCUT2D eigenvalue weighted by atomic mass is 16.2. The van der Waals surface area contributed by atoms with Crippen LogP contribution in [0, 0.1) is 6.92 Å². The Balaban J connectivity index is 1.29. The second-order valence-electron chi connectivity index (χ2n) is 8.61. The molecule has 1 aliphatic heterocycles. The first kappa shape index (κ1) is 21.9. The molecule has 1 saturated heterocycles. The van der Waals surface area contributed by atoms with Gasteiger partial charge < -0.3 is 14.8 Å². The minimum Gasteiger partial charge on any atom is -0.365 e. The Hall–Kier alpha value is -3.35. The van der Waals surface area contributed by atoms with Gasteiger partial charge in [-0.15, -0.1) is 0 Å². The van der Waals surface area contributed by atoms with Gasteiger partial charge in [0.25, 0.3) is 5.56 Å². The smallest absolute Gasteiger partial charge is 0.328 e. The molecule has 4 rings (SSSR count). The zero-order chi connectivity index (χ0) is 22.7. The predicted octanol–water partition coefficient (Wildman–Crippen LogP) is 2.91. The Labute approximate surface area is 187 Å². The summed E-state index contributed by atoms with van der Waals surface area (Å²) in [6.07, 6.45) is 1.67. The minimum absolute atomic E-state index is 0.139. The van der Waals surface area contributed by atoms with Crippen LogP contribution in [0.15, 0.2) is 58.1 Å². The fourth-order valence-corrected chi connectivity index (χ4v) is 4.48. The van der Waals surface area contributed by atoms with E-state index in [-0.39, 0.29) is 17.5 Å². The molecular weight excluding hydrogens is 404 g/mol. The first-order valence-corrected chi connectivity index (χ1v) is 11.3.